The molecule has 0 amide bonds. The van der Waals surface area contributed by atoms with Crippen LogP contribution in [0.2, 0.25) is 5.02 Å². The minimum atomic E-state index is -2.40. The maximum atomic E-state index is 12.0. The van der Waals surface area contributed by atoms with Crippen molar-refractivity contribution in [2.75, 3.05) is 13.3 Å². The van der Waals surface area contributed by atoms with Gasteiger partial charge >= 0.3 is 0 Å². The van der Waals surface area contributed by atoms with Crippen molar-refractivity contribution in [3.05, 3.63) is 22.8 Å². The van der Waals surface area contributed by atoms with Crippen molar-refractivity contribution in [2.24, 2.45) is 0 Å². The summed E-state index contributed by atoms with van der Waals surface area (Å²) >= 11 is 6.00. The molecule has 0 aliphatic carbocycles. The molecule has 0 aromatic carbocycles. The molecule has 0 fully saturated rings. The monoisotopic (exact) mass is 245 g/mol. The zero-order valence-corrected chi connectivity index (χ0v) is 11.5. The molecule has 1 heterocycles. The smallest absolute Gasteiger partial charge is 0.128 e. The van der Waals surface area contributed by atoms with E-state index < -0.39 is 7.14 Å². The zero-order valence-electron chi connectivity index (χ0n) is 9.84. The second-order valence-corrected chi connectivity index (χ2v) is 8.64. The summed E-state index contributed by atoms with van der Waals surface area (Å²) in [5.74, 6) is 0. The first-order chi connectivity index (χ1) is 6.62. The van der Waals surface area contributed by atoms with Crippen molar-refractivity contribution in [3.63, 3.8) is 0 Å². The largest absolute Gasteiger partial charge is 0.318 e. The lowest BCUT2D eigenvalue weighted by molar-refractivity contribution is 0.569. The van der Waals surface area contributed by atoms with Crippen LogP contribution in [0.25, 0.3) is 0 Å². The van der Waals surface area contributed by atoms with E-state index >= 15 is 0 Å². The Balaban J connectivity index is 3.36. The molecule has 0 N–H and O–H groups in total. The molecule has 0 spiro atoms. The minimum absolute atomic E-state index is 0.0471. The summed E-state index contributed by atoms with van der Waals surface area (Å²) in [5.41, 5.74) is 1.41. The Bertz CT molecular complexity index is 417. The second kappa shape index (κ2) is 3.92. The third-order valence-corrected chi connectivity index (χ3v) is 3.90. The lowest BCUT2D eigenvalue weighted by Gasteiger charge is -2.19. The van der Waals surface area contributed by atoms with E-state index in [1.54, 1.807) is 19.4 Å². The van der Waals surface area contributed by atoms with Crippen LogP contribution in [0.1, 0.15) is 26.5 Å². The number of hydrogen-bond acceptors (Lipinski definition) is 2. The van der Waals surface area contributed by atoms with Crippen molar-refractivity contribution in [2.45, 2.75) is 26.2 Å². The van der Waals surface area contributed by atoms with E-state index in [1.807, 2.05) is 6.07 Å². The van der Waals surface area contributed by atoms with E-state index in [0.717, 1.165) is 5.69 Å². The summed E-state index contributed by atoms with van der Waals surface area (Å²) in [7, 11) is -2.40. The fourth-order valence-electron chi connectivity index (χ4n) is 1.23. The molecule has 84 valence electrons. The van der Waals surface area contributed by atoms with Gasteiger partial charge in [0.05, 0.1) is 5.02 Å². The van der Waals surface area contributed by atoms with Gasteiger partial charge in [0.15, 0.2) is 0 Å². The Labute approximate surface area is 96.4 Å². The fourth-order valence-corrected chi connectivity index (χ4v) is 2.88. The molecular formula is C11H17ClNOP. The number of nitrogens with zero attached hydrogens (tertiary/aromatic N) is 1. The quantitative estimate of drug-likeness (QED) is 0.711. The number of halogens is 1. The number of hydrogen-bond donors (Lipinski definition) is 0. The topological polar surface area (TPSA) is 30.0 Å². The van der Waals surface area contributed by atoms with Gasteiger partial charge in [-0.15, -0.1) is 0 Å². The molecule has 0 bridgehead atoms. The molecule has 4 heteroatoms. The van der Waals surface area contributed by atoms with Gasteiger partial charge in [0.2, 0.25) is 0 Å². The third kappa shape index (κ3) is 3.06. The van der Waals surface area contributed by atoms with Crippen LogP contribution in [0.4, 0.5) is 0 Å². The highest BCUT2D eigenvalue weighted by atomic mass is 35.5. The van der Waals surface area contributed by atoms with Crippen LogP contribution < -0.4 is 5.44 Å². The zero-order chi connectivity index (χ0) is 11.9. The molecule has 1 rings (SSSR count). The Kier molecular flexibility index (Phi) is 3.33. The predicted molar refractivity (Wildman–Crippen MR) is 67.0 cm³/mol. The summed E-state index contributed by atoms with van der Waals surface area (Å²) in [4.78, 5) is 4.42. The molecule has 0 unspecified atom stereocenters. The van der Waals surface area contributed by atoms with Crippen LogP contribution in [-0.2, 0) is 9.98 Å². The molecule has 0 saturated heterocycles. The van der Waals surface area contributed by atoms with Crippen LogP contribution in [0.15, 0.2) is 12.1 Å². The van der Waals surface area contributed by atoms with Crippen LogP contribution in [-0.4, -0.2) is 18.3 Å². The number of pyridine rings is 1. The van der Waals surface area contributed by atoms with Crippen LogP contribution in [0.3, 0.4) is 0 Å². The van der Waals surface area contributed by atoms with Gasteiger partial charge in [-0.05, 0) is 25.5 Å². The van der Waals surface area contributed by atoms with Crippen molar-refractivity contribution in [1.29, 1.82) is 0 Å². The molecule has 0 atom stereocenters. The molecule has 15 heavy (non-hydrogen) atoms. The Morgan fingerprint density at radius 2 is 1.80 bits per heavy atom. The van der Waals surface area contributed by atoms with Gasteiger partial charge in [-0.3, -0.25) is 0 Å². The highest BCUT2D eigenvalue weighted by Gasteiger charge is 2.22. The molecule has 0 saturated carbocycles. The third-order valence-electron chi connectivity index (χ3n) is 2.11. The highest BCUT2D eigenvalue weighted by molar-refractivity contribution is 7.70. The first-order valence-electron chi connectivity index (χ1n) is 4.85. The van der Waals surface area contributed by atoms with E-state index in [4.69, 9.17) is 11.6 Å². The first kappa shape index (κ1) is 12.7. The average molecular weight is 246 g/mol. The SMILES string of the molecule is CC(C)(C)c1ccc(Cl)c(P(C)(C)=O)n1. The summed E-state index contributed by atoms with van der Waals surface area (Å²) in [6, 6.07) is 3.67. The van der Waals surface area contributed by atoms with E-state index in [9.17, 15) is 4.57 Å². The van der Waals surface area contributed by atoms with E-state index in [-0.39, 0.29) is 5.41 Å². The van der Waals surface area contributed by atoms with Crippen LogP contribution in [0, 0.1) is 0 Å². The average Bonchev–Trinajstić information content (AvgIpc) is 2.00. The van der Waals surface area contributed by atoms with Crippen molar-refractivity contribution < 1.29 is 4.57 Å². The fraction of sp³-hybridized carbons (Fsp3) is 0.545. The van der Waals surface area contributed by atoms with E-state index in [0.29, 0.717) is 10.5 Å². The maximum Gasteiger partial charge on any atom is 0.128 e. The second-order valence-electron chi connectivity index (χ2n) is 5.10. The molecule has 0 aliphatic rings. The summed E-state index contributed by atoms with van der Waals surface area (Å²) in [6.07, 6.45) is 0. The lowest BCUT2D eigenvalue weighted by atomic mass is 9.92. The Morgan fingerprint density at radius 1 is 1.27 bits per heavy atom. The summed E-state index contributed by atoms with van der Waals surface area (Å²) < 4.78 is 12.0. The minimum Gasteiger partial charge on any atom is -0.318 e. The maximum absolute atomic E-state index is 12.0. The Hall–Kier alpha value is -0.330. The van der Waals surface area contributed by atoms with Gasteiger partial charge in [0.25, 0.3) is 0 Å². The van der Waals surface area contributed by atoms with Gasteiger partial charge in [0, 0.05) is 11.1 Å². The molecule has 0 radical (unpaired) electrons. The number of aromatic nitrogens is 1. The van der Waals surface area contributed by atoms with E-state index in [2.05, 4.69) is 25.8 Å². The standard InChI is InChI=1S/C11H17ClNOP/c1-11(2,3)9-7-6-8(12)10(13-9)15(4,5)14/h6-7H,1-5H3. The number of rotatable bonds is 1. The van der Waals surface area contributed by atoms with Crippen LogP contribution in [0.5, 0.6) is 0 Å². The Morgan fingerprint density at radius 3 is 2.20 bits per heavy atom. The van der Waals surface area contributed by atoms with Crippen molar-refractivity contribution >= 4 is 24.2 Å². The predicted octanol–water partition coefficient (Wildman–Crippen LogP) is 3.28. The first-order valence-corrected chi connectivity index (χ1v) is 7.83. The van der Waals surface area contributed by atoms with Gasteiger partial charge in [-0.25, -0.2) is 4.98 Å². The van der Waals surface area contributed by atoms with Gasteiger partial charge in [-0.2, -0.15) is 0 Å². The highest BCUT2D eigenvalue weighted by Crippen LogP contribution is 2.37. The summed E-state index contributed by atoms with van der Waals surface area (Å²) in [5, 5.41) is 0.497. The molecule has 0 aliphatic heterocycles. The normalized spacial score (nSPS) is 12.9. The lowest BCUT2D eigenvalue weighted by Crippen LogP contribution is -2.20. The van der Waals surface area contributed by atoms with E-state index in [1.165, 1.54) is 0 Å². The van der Waals surface area contributed by atoms with Crippen molar-refractivity contribution in [1.82, 2.24) is 4.98 Å². The van der Waals surface area contributed by atoms with Gasteiger partial charge in [0.1, 0.15) is 12.6 Å². The van der Waals surface area contributed by atoms with Gasteiger partial charge in [-0.1, -0.05) is 32.4 Å². The molecule has 1 aromatic rings. The van der Waals surface area contributed by atoms with Crippen LogP contribution >= 0.6 is 18.7 Å². The molecule has 2 nitrogen and oxygen atoms in total. The van der Waals surface area contributed by atoms with Crippen molar-refractivity contribution in [3.8, 4) is 0 Å². The molecule has 1 aromatic heterocycles. The molecular weight excluding hydrogens is 229 g/mol. The summed E-state index contributed by atoms with van der Waals surface area (Å²) in [6.45, 7) is 9.59. The van der Waals surface area contributed by atoms with Gasteiger partial charge < -0.3 is 4.57 Å².